The Balaban J connectivity index is 1.79. The molecule has 0 N–H and O–H groups in total. The molecule has 0 saturated carbocycles. The summed E-state index contributed by atoms with van der Waals surface area (Å²) >= 11 is 1.46. The third-order valence-electron chi connectivity index (χ3n) is 5.11. The van der Waals surface area contributed by atoms with Gasteiger partial charge >= 0.3 is 0 Å². The van der Waals surface area contributed by atoms with Crippen molar-refractivity contribution in [2.75, 3.05) is 4.90 Å². The van der Waals surface area contributed by atoms with E-state index in [1.807, 2.05) is 64.9 Å². The molecule has 3 heterocycles. The zero-order valence-corrected chi connectivity index (χ0v) is 16.7. The number of pyridine rings is 1. The van der Waals surface area contributed by atoms with Gasteiger partial charge in [0.15, 0.2) is 17.0 Å². The summed E-state index contributed by atoms with van der Waals surface area (Å²) in [5.74, 6) is 0. The Hall–Kier alpha value is -3.77. The van der Waals surface area contributed by atoms with Gasteiger partial charge in [0.2, 0.25) is 0 Å². The number of hydrogen-bond acceptors (Lipinski definition) is 6. The fraction of sp³-hybridized carbons (Fsp3) is 0.0417. The lowest BCUT2D eigenvalue weighted by molar-refractivity contribution is -0.109. The number of anilines is 2. The molecular weight excluding hydrogens is 394 g/mol. The van der Waals surface area contributed by atoms with Crippen molar-refractivity contribution in [3.8, 4) is 0 Å². The molecule has 1 atom stereocenters. The molecule has 2 aliphatic rings. The maximum absolute atomic E-state index is 12.9. The van der Waals surface area contributed by atoms with Crippen LogP contribution < -0.4 is 4.90 Å². The lowest BCUT2D eigenvalue weighted by atomic mass is 9.77. The van der Waals surface area contributed by atoms with Gasteiger partial charge in [0, 0.05) is 23.3 Å². The number of allylic oxidation sites excluding steroid dienone is 3. The van der Waals surface area contributed by atoms with Crippen molar-refractivity contribution in [3.63, 3.8) is 0 Å². The molecule has 6 heteroatoms. The lowest BCUT2D eigenvalue weighted by Gasteiger charge is -2.42. The van der Waals surface area contributed by atoms with E-state index in [2.05, 4.69) is 16.0 Å². The number of aldehydes is 1. The number of fused-ring (bicyclic) bond motifs is 1. The van der Waals surface area contributed by atoms with Crippen molar-refractivity contribution < 1.29 is 9.53 Å². The van der Waals surface area contributed by atoms with Gasteiger partial charge in [-0.25, -0.2) is 4.98 Å². The summed E-state index contributed by atoms with van der Waals surface area (Å²) in [4.78, 5) is 23.7. The standard InChI is InChI=1S/C24H17N3O2S/c28-17-24(27(23-26-10-12-30-23)21-7-4-9-25-15-21)14-20(18-5-2-1-3-6-18)13-19-8-11-29-16-22(19)24/h1-17H. The summed E-state index contributed by atoms with van der Waals surface area (Å²) in [6.45, 7) is 0. The van der Waals surface area contributed by atoms with Gasteiger partial charge in [0.05, 0.1) is 24.4 Å². The molecule has 0 spiro atoms. The van der Waals surface area contributed by atoms with E-state index >= 15 is 0 Å². The predicted octanol–water partition coefficient (Wildman–Crippen LogP) is 5.07. The zero-order valence-electron chi connectivity index (χ0n) is 15.9. The Bertz CT molecular complexity index is 1180. The average molecular weight is 411 g/mol. The first kappa shape index (κ1) is 18.3. The Kier molecular flexibility index (Phi) is 4.61. The van der Waals surface area contributed by atoms with Gasteiger partial charge in [-0.15, -0.1) is 11.3 Å². The highest BCUT2D eigenvalue weighted by atomic mass is 32.1. The first-order chi connectivity index (χ1) is 14.8. The van der Waals surface area contributed by atoms with E-state index in [-0.39, 0.29) is 0 Å². The van der Waals surface area contributed by atoms with Crippen LogP contribution >= 0.6 is 11.3 Å². The first-order valence-corrected chi connectivity index (χ1v) is 10.3. The van der Waals surface area contributed by atoms with Gasteiger partial charge in [-0.05, 0) is 47.1 Å². The number of thiazole rings is 1. The summed E-state index contributed by atoms with van der Waals surface area (Å²) in [6, 6.07) is 13.8. The molecule has 1 aromatic carbocycles. The fourth-order valence-electron chi connectivity index (χ4n) is 3.78. The van der Waals surface area contributed by atoms with Crippen LogP contribution in [-0.4, -0.2) is 21.8 Å². The van der Waals surface area contributed by atoms with Crippen molar-refractivity contribution in [3.05, 3.63) is 114 Å². The van der Waals surface area contributed by atoms with E-state index in [1.54, 1.807) is 31.1 Å². The minimum absolute atomic E-state index is 0.690. The zero-order chi connectivity index (χ0) is 20.4. The summed E-state index contributed by atoms with van der Waals surface area (Å²) in [5, 5.41) is 2.58. The molecule has 0 saturated heterocycles. The average Bonchev–Trinajstić information content (AvgIpc) is 3.34. The number of ether oxygens (including phenoxy) is 1. The van der Waals surface area contributed by atoms with Crippen LogP contribution in [0.2, 0.25) is 0 Å². The highest BCUT2D eigenvalue weighted by Crippen LogP contribution is 2.45. The minimum Gasteiger partial charge on any atom is -0.472 e. The molecule has 0 radical (unpaired) electrons. The molecule has 0 amide bonds. The van der Waals surface area contributed by atoms with E-state index in [0.717, 1.165) is 34.3 Å². The van der Waals surface area contributed by atoms with E-state index in [9.17, 15) is 4.79 Å². The molecule has 3 aromatic rings. The normalized spacial score (nSPS) is 19.7. The maximum Gasteiger partial charge on any atom is 0.191 e. The summed E-state index contributed by atoms with van der Waals surface area (Å²) in [5.41, 5.74) is 3.26. The molecular formula is C24H17N3O2S. The highest BCUT2D eigenvalue weighted by Gasteiger charge is 2.45. The van der Waals surface area contributed by atoms with Crippen molar-refractivity contribution in [1.29, 1.82) is 0 Å². The predicted molar refractivity (Wildman–Crippen MR) is 118 cm³/mol. The van der Waals surface area contributed by atoms with Crippen LogP contribution in [0.4, 0.5) is 10.8 Å². The van der Waals surface area contributed by atoms with Crippen molar-refractivity contribution in [1.82, 2.24) is 9.97 Å². The Morgan fingerprint density at radius 2 is 1.97 bits per heavy atom. The van der Waals surface area contributed by atoms with E-state index in [4.69, 9.17) is 4.74 Å². The van der Waals surface area contributed by atoms with E-state index in [1.165, 1.54) is 11.3 Å². The smallest absolute Gasteiger partial charge is 0.191 e. The quantitative estimate of drug-likeness (QED) is 0.549. The largest absolute Gasteiger partial charge is 0.472 e. The molecule has 30 heavy (non-hydrogen) atoms. The number of aromatic nitrogens is 2. The lowest BCUT2D eigenvalue weighted by Crippen LogP contribution is -2.49. The number of carbonyl (C=O) groups excluding carboxylic acids is 1. The molecule has 0 fully saturated rings. The molecule has 5 rings (SSSR count). The minimum atomic E-state index is -1.15. The molecule has 1 unspecified atom stereocenters. The monoisotopic (exact) mass is 411 g/mol. The van der Waals surface area contributed by atoms with E-state index in [0.29, 0.717) is 5.13 Å². The van der Waals surface area contributed by atoms with Gasteiger partial charge in [0.25, 0.3) is 0 Å². The van der Waals surface area contributed by atoms with Crippen LogP contribution in [0.25, 0.3) is 5.57 Å². The third kappa shape index (κ3) is 2.98. The van der Waals surface area contributed by atoms with Gasteiger partial charge < -0.3 is 4.74 Å². The summed E-state index contributed by atoms with van der Waals surface area (Å²) in [6.07, 6.45) is 15.3. The number of rotatable bonds is 5. The van der Waals surface area contributed by atoms with Crippen molar-refractivity contribution in [2.45, 2.75) is 5.54 Å². The molecule has 1 aliphatic carbocycles. The van der Waals surface area contributed by atoms with Gasteiger partial charge in [-0.1, -0.05) is 30.3 Å². The Morgan fingerprint density at radius 1 is 1.07 bits per heavy atom. The first-order valence-electron chi connectivity index (χ1n) is 9.41. The van der Waals surface area contributed by atoms with Crippen molar-refractivity contribution >= 4 is 34.0 Å². The second-order valence-corrected chi connectivity index (χ2v) is 7.71. The number of benzene rings is 1. The molecule has 1 aliphatic heterocycles. The molecule has 146 valence electrons. The molecule has 0 bridgehead atoms. The third-order valence-corrected chi connectivity index (χ3v) is 5.87. The van der Waals surface area contributed by atoms with Crippen LogP contribution in [0.15, 0.2) is 108 Å². The van der Waals surface area contributed by atoms with Crippen LogP contribution in [0.3, 0.4) is 0 Å². The maximum atomic E-state index is 12.9. The SMILES string of the molecule is O=CC1(N(c2cccnc2)c2nccs2)C=C(c2ccccc2)C=C2C=COC=C21. The Morgan fingerprint density at radius 3 is 2.70 bits per heavy atom. The number of nitrogens with zero attached hydrogens (tertiary/aromatic N) is 3. The van der Waals surface area contributed by atoms with Crippen LogP contribution in [0, 0.1) is 0 Å². The summed E-state index contributed by atoms with van der Waals surface area (Å²) < 4.78 is 5.51. The second-order valence-electron chi connectivity index (χ2n) is 6.84. The van der Waals surface area contributed by atoms with Crippen molar-refractivity contribution in [2.24, 2.45) is 0 Å². The van der Waals surface area contributed by atoms with Crippen LogP contribution in [0.1, 0.15) is 5.56 Å². The van der Waals surface area contributed by atoms with E-state index < -0.39 is 5.54 Å². The number of hydrogen-bond donors (Lipinski definition) is 0. The second kappa shape index (κ2) is 7.57. The fourth-order valence-corrected chi connectivity index (χ4v) is 4.51. The highest BCUT2D eigenvalue weighted by molar-refractivity contribution is 7.13. The topological polar surface area (TPSA) is 55.3 Å². The van der Waals surface area contributed by atoms with Crippen LogP contribution in [-0.2, 0) is 9.53 Å². The van der Waals surface area contributed by atoms with Gasteiger partial charge in [-0.2, -0.15) is 0 Å². The van der Waals surface area contributed by atoms with Gasteiger partial charge in [0.1, 0.15) is 0 Å². The Labute approximate surface area is 178 Å². The summed E-state index contributed by atoms with van der Waals surface area (Å²) in [7, 11) is 0. The number of carbonyl (C=O) groups is 1. The van der Waals surface area contributed by atoms with Gasteiger partial charge in [-0.3, -0.25) is 14.7 Å². The van der Waals surface area contributed by atoms with Crippen LogP contribution in [0.5, 0.6) is 0 Å². The molecule has 2 aromatic heterocycles. The molecule has 5 nitrogen and oxygen atoms in total.